The van der Waals surface area contributed by atoms with Gasteiger partial charge in [-0.05, 0) is 39.6 Å². The normalized spacial score (nSPS) is 11.5. The molecule has 0 heterocycles. The van der Waals surface area contributed by atoms with Crippen molar-refractivity contribution in [3.8, 4) is 11.1 Å². The van der Waals surface area contributed by atoms with Crippen LogP contribution in [0.25, 0.3) is 21.9 Å². The first-order valence-electron chi connectivity index (χ1n) is 10.3. The van der Waals surface area contributed by atoms with Gasteiger partial charge < -0.3 is 5.11 Å². The summed E-state index contributed by atoms with van der Waals surface area (Å²) in [5.74, 6) is 0. The van der Waals surface area contributed by atoms with Crippen molar-refractivity contribution in [2.45, 2.75) is 5.60 Å². The van der Waals surface area contributed by atoms with Crippen molar-refractivity contribution in [3.63, 3.8) is 0 Å². The highest BCUT2D eigenvalue weighted by Crippen LogP contribution is 2.44. The zero-order chi connectivity index (χ0) is 21.3. The maximum absolute atomic E-state index is 12.4. The molecule has 0 saturated heterocycles. The molecule has 5 aromatic rings. The summed E-state index contributed by atoms with van der Waals surface area (Å²) in [6, 6.07) is 40.6. The van der Waals surface area contributed by atoms with Gasteiger partial charge in [-0.2, -0.15) is 0 Å². The van der Waals surface area contributed by atoms with E-state index in [4.69, 9.17) is 0 Å². The van der Waals surface area contributed by atoms with Crippen molar-refractivity contribution in [1.29, 1.82) is 0 Å². The van der Waals surface area contributed by atoms with Gasteiger partial charge in [0.1, 0.15) is 5.60 Å². The van der Waals surface area contributed by atoms with Crippen LogP contribution < -0.4 is 0 Å². The molecular weight excluding hydrogens is 444 g/mol. The Balaban J connectivity index is 1.82. The van der Waals surface area contributed by atoms with Gasteiger partial charge >= 0.3 is 0 Å². The molecule has 0 amide bonds. The second kappa shape index (κ2) is 8.14. The summed E-state index contributed by atoms with van der Waals surface area (Å²) in [6.45, 7) is 0. The second-order valence-electron chi connectivity index (χ2n) is 7.67. The molecule has 0 aliphatic rings. The van der Waals surface area contributed by atoms with E-state index in [-0.39, 0.29) is 0 Å². The van der Waals surface area contributed by atoms with E-state index >= 15 is 0 Å². The molecule has 0 fully saturated rings. The van der Waals surface area contributed by atoms with Gasteiger partial charge in [0.2, 0.25) is 0 Å². The van der Waals surface area contributed by atoms with Crippen molar-refractivity contribution in [3.05, 3.63) is 142 Å². The molecule has 0 spiro atoms. The molecule has 1 N–H and O–H groups in total. The fourth-order valence-corrected chi connectivity index (χ4v) is 4.90. The van der Waals surface area contributed by atoms with Crippen molar-refractivity contribution in [1.82, 2.24) is 0 Å². The quantitative estimate of drug-likeness (QED) is 0.272. The number of hydrogen-bond acceptors (Lipinski definition) is 1. The fraction of sp³-hybridized carbons (Fsp3) is 0.0345. The topological polar surface area (TPSA) is 20.2 Å². The predicted molar refractivity (Wildman–Crippen MR) is 132 cm³/mol. The Bertz CT molecular complexity index is 1300. The van der Waals surface area contributed by atoms with E-state index in [0.29, 0.717) is 0 Å². The van der Waals surface area contributed by atoms with E-state index in [1.807, 2.05) is 78.9 Å². The number of rotatable bonds is 4. The molecular formula is C29H21BrO. The molecule has 0 aliphatic carbocycles. The SMILES string of the molecule is OC(c1ccccc1)(c1ccccc1)c1cccc(Br)c1-c1ccc2ccccc2c1. The van der Waals surface area contributed by atoms with Gasteiger partial charge in [0.25, 0.3) is 0 Å². The highest BCUT2D eigenvalue weighted by molar-refractivity contribution is 9.10. The van der Waals surface area contributed by atoms with E-state index in [9.17, 15) is 5.11 Å². The minimum Gasteiger partial charge on any atom is -0.376 e. The molecule has 5 rings (SSSR count). The Labute approximate surface area is 190 Å². The zero-order valence-corrected chi connectivity index (χ0v) is 18.5. The molecule has 1 nitrogen and oxygen atoms in total. The van der Waals surface area contributed by atoms with Crippen LogP contribution in [0.5, 0.6) is 0 Å². The number of fused-ring (bicyclic) bond motifs is 1. The first-order valence-corrected chi connectivity index (χ1v) is 11.1. The van der Waals surface area contributed by atoms with Crippen LogP contribution in [0.15, 0.2) is 126 Å². The van der Waals surface area contributed by atoms with Crippen molar-refractivity contribution < 1.29 is 5.11 Å². The molecule has 0 aromatic heterocycles. The molecule has 0 unspecified atom stereocenters. The summed E-state index contributed by atoms with van der Waals surface area (Å²) < 4.78 is 0.950. The van der Waals surface area contributed by atoms with E-state index in [1.54, 1.807) is 0 Å². The largest absolute Gasteiger partial charge is 0.376 e. The zero-order valence-electron chi connectivity index (χ0n) is 16.9. The summed E-state index contributed by atoms with van der Waals surface area (Å²) in [5.41, 5.74) is 3.26. The summed E-state index contributed by atoms with van der Waals surface area (Å²) in [7, 11) is 0. The van der Waals surface area contributed by atoms with E-state index in [1.165, 1.54) is 10.8 Å². The summed E-state index contributed by atoms with van der Waals surface area (Å²) >= 11 is 3.77. The fourth-order valence-electron chi connectivity index (χ4n) is 4.30. The van der Waals surface area contributed by atoms with Crippen LogP contribution in [-0.2, 0) is 5.60 Å². The standard InChI is InChI=1S/C29H21BrO/c30-27-17-9-16-26(28(27)23-19-18-21-10-7-8-11-22(21)20-23)29(31,24-12-3-1-4-13-24)25-14-5-2-6-15-25/h1-20,31H. The van der Waals surface area contributed by atoms with Gasteiger partial charge in [-0.25, -0.2) is 0 Å². The highest BCUT2D eigenvalue weighted by atomic mass is 79.9. The van der Waals surface area contributed by atoms with Crippen molar-refractivity contribution >= 4 is 26.7 Å². The lowest BCUT2D eigenvalue weighted by molar-refractivity contribution is 0.126. The van der Waals surface area contributed by atoms with Crippen LogP contribution in [0.2, 0.25) is 0 Å². The van der Waals surface area contributed by atoms with Gasteiger partial charge in [-0.1, -0.05) is 125 Å². The minimum atomic E-state index is -1.30. The maximum atomic E-state index is 12.4. The molecule has 0 saturated carbocycles. The third-order valence-electron chi connectivity index (χ3n) is 5.82. The van der Waals surface area contributed by atoms with Gasteiger partial charge in [0.15, 0.2) is 0 Å². The molecule has 150 valence electrons. The average Bonchev–Trinajstić information content (AvgIpc) is 2.84. The molecule has 31 heavy (non-hydrogen) atoms. The lowest BCUT2D eigenvalue weighted by Gasteiger charge is -2.32. The van der Waals surface area contributed by atoms with Crippen molar-refractivity contribution in [2.24, 2.45) is 0 Å². The predicted octanol–water partition coefficient (Wildman–Crippen LogP) is 7.55. The third-order valence-corrected chi connectivity index (χ3v) is 6.49. The Morgan fingerprint density at radius 3 is 1.77 bits per heavy atom. The molecule has 0 aliphatic heterocycles. The smallest absolute Gasteiger partial charge is 0.141 e. The molecule has 0 atom stereocenters. The van der Waals surface area contributed by atoms with Crippen LogP contribution in [0.1, 0.15) is 16.7 Å². The first-order chi connectivity index (χ1) is 15.2. The summed E-state index contributed by atoms with van der Waals surface area (Å²) in [6.07, 6.45) is 0. The highest BCUT2D eigenvalue weighted by Gasteiger charge is 2.36. The number of aliphatic hydroxyl groups is 1. The summed E-state index contributed by atoms with van der Waals surface area (Å²) in [4.78, 5) is 0. The first kappa shape index (κ1) is 19.7. The summed E-state index contributed by atoms with van der Waals surface area (Å²) in [5, 5.41) is 14.8. The van der Waals surface area contributed by atoms with Crippen LogP contribution in [0, 0.1) is 0 Å². The van der Waals surface area contributed by atoms with Gasteiger partial charge in [0, 0.05) is 15.6 Å². The van der Waals surface area contributed by atoms with Crippen LogP contribution in [-0.4, -0.2) is 5.11 Å². The second-order valence-corrected chi connectivity index (χ2v) is 8.52. The third kappa shape index (κ3) is 3.48. The molecule has 0 bridgehead atoms. The van der Waals surface area contributed by atoms with E-state index < -0.39 is 5.60 Å². The van der Waals surface area contributed by atoms with Gasteiger partial charge in [-0.15, -0.1) is 0 Å². The number of benzene rings is 5. The van der Waals surface area contributed by atoms with Crippen LogP contribution in [0.4, 0.5) is 0 Å². The van der Waals surface area contributed by atoms with Gasteiger partial charge in [-0.3, -0.25) is 0 Å². The monoisotopic (exact) mass is 464 g/mol. The van der Waals surface area contributed by atoms with Crippen molar-refractivity contribution in [2.75, 3.05) is 0 Å². The molecule has 5 aromatic carbocycles. The lowest BCUT2D eigenvalue weighted by atomic mass is 9.77. The van der Waals surface area contributed by atoms with Crippen LogP contribution in [0.3, 0.4) is 0 Å². The van der Waals surface area contributed by atoms with Gasteiger partial charge in [0.05, 0.1) is 0 Å². The molecule has 0 radical (unpaired) electrons. The lowest BCUT2D eigenvalue weighted by Crippen LogP contribution is -2.29. The Hall–Kier alpha value is -3.20. The minimum absolute atomic E-state index is 0.835. The number of hydrogen-bond donors (Lipinski definition) is 1. The van der Waals surface area contributed by atoms with E-state index in [0.717, 1.165) is 32.3 Å². The van der Waals surface area contributed by atoms with E-state index in [2.05, 4.69) is 58.4 Å². The molecule has 2 heteroatoms. The number of halogens is 1. The Morgan fingerprint density at radius 2 is 1.13 bits per heavy atom. The maximum Gasteiger partial charge on any atom is 0.141 e. The average molecular weight is 465 g/mol. The van der Waals surface area contributed by atoms with Crippen LogP contribution >= 0.6 is 15.9 Å². The Kier molecular flexibility index (Phi) is 5.19. The Morgan fingerprint density at radius 1 is 0.548 bits per heavy atom.